The van der Waals surface area contributed by atoms with Crippen LogP contribution in [0.25, 0.3) is 0 Å². The van der Waals surface area contributed by atoms with Gasteiger partial charge in [-0.3, -0.25) is 9.69 Å². The zero-order valence-electron chi connectivity index (χ0n) is 14.8. The number of anilines is 1. The first-order valence-corrected chi connectivity index (χ1v) is 9.06. The molecule has 0 aromatic heterocycles. The summed E-state index contributed by atoms with van der Waals surface area (Å²) in [5.74, 6) is -1.32. The van der Waals surface area contributed by atoms with Gasteiger partial charge in [0.1, 0.15) is 22.2 Å². The highest BCUT2D eigenvalue weighted by atomic mass is 32.2. The number of hydrogen-bond acceptors (Lipinski definition) is 4. The molecule has 0 N–H and O–H groups in total. The zero-order chi connectivity index (χ0) is 20.4. The third-order valence-corrected chi connectivity index (χ3v) is 5.27. The maximum Gasteiger partial charge on any atom is 0.434 e. The summed E-state index contributed by atoms with van der Waals surface area (Å²) in [7, 11) is 0. The summed E-state index contributed by atoms with van der Waals surface area (Å²) in [6.45, 7) is 5.02. The van der Waals surface area contributed by atoms with Crippen molar-refractivity contribution in [1.29, 1.82) is 0 Å². The van der Waals surface area contributed by atoms with Crippen LogP contribution in [0.3, 0.4) is 0 Å². The van der Waals surface area contributed by atoms with Crippen molar-refractivity contribution in [2.45, 2.75) is 38.9 Å². The van der Waals surface area contributed by atoms with E-state index in [4.69, 9.17) is 0 Å². The van der Waals surface area contributed by atoms with Gasteiger partial charge in [0.15, 0.2) is 5.71 Å². The van der Waals surface area contributed by atoms with Gasteiger partial charge in [0.2, 0.25) is 6.41 Å². The Morgan fingerprint density at radius 2 is 1.93 bits per heavy atom. The molecule has 0 saturated heterocycles. The zero-order valence-corrected chi connectivity index (χ0v) is 15.7. The van der Waals surface area contributed by atoms with Crippen LogP contribution in [0.1, 0.15) is 27.2 Å². The van der Waals surface area contributed by atoms with E-state index >= 15 is 0 Å². The molecular formula is C17H18F5N3OS. The number of benzene rings is 1. The minimum atomic E-state index is -4.89. The Hall–Kier alpha value is -1.97. The molecule has 1 heterocycles. The molecule has 1 amide bonds. The molecule has 0 bridgehead atoms. The summed E-state index contributed by atoms with van der Waals surface area (Å²) in [6.07, 6.45) is -4.12. The largest absolute Gasteiger partial charge is 0.434 e. The minimum Gasteiger partial charge on any atom is -0.294 e. The van der Waals surface area contributed by atoms with Crippen LogP contribution >= 0.6 is 11.8 Å². The number of carbonyl (C=O) groups excluding carboxylic acids is 1. The summed E-state index contributed by atoms with van der Waals surface area (Å²) in [5.41, 5.74) is -3.98. The Morgan fingerprint density at radius 3 is 2.44 bits per heavy atom. The molecule has 1 aliphatic rings. The van der Waals surface area contributed by atoms with E-state index in [1.165, 1.54) is 0 Å². The molecule has 0 aliphatic carbocycles. The van der Waals surface area contributed by atoms with Gasteiger partial charge in [-0.2, -0.15) is 13.2 Å². The molecule has 1 atom stereocenters. The van der Waals surface area contributed by atoms with Gasteiger partial charge in [-0.25, -0.2) is 8.78 Å². The maximum atomic E-state index is 14.2. The number of thioether (sulfide) groups is 1. The molecule has 27 heavy (non-hydrogen) atoms. The first kappa shape index (κ1) is 21.3. The van der Waals surface area contributed by atoms with Gasteiger partial charge in [0.25, 0.3) is 0 Å². The lowest BCUT2D eigenvalue weighted by molar-refractivity contribution is -0.108. The number of amides is 1. The van der Waals surface area contributed by atoms with Crippen LogP contribution in [-0.4, -0.2) is 34.6 Å². The van der Waals surface area contributed by atoms with Crippen LogP contribution in [0.4, 0.5) is 27.6 Å². The molecule has 2 rings (SSSR count). The first-order chi connectivity index (χ1) is 12.5. The number of rotatable bonds is 6. The Balaban J connectivity index is 2.49. The van der Waals surface area contributed by atoms with E-state index in [2.05, 4.69) is 10.2 Å². The van der Waals surface area contributed by atoms with E-state index < -0.39 is 34.7 Å². The van der Waals surface area contributed by atoms with Crippen LogP contribution < -0.4 is 4.90 Å². The monoisotopic (exact) mass is 407 g/mol. The fourth-order valence-corrected chi connectivity index (χ4v) is 3.94. The van der Waals surface area contributed by atoms with E-state index in [1.807, 2.05) is 13.8 Å². The summed E-state index contributed by atoms with van der Waals surface area (Å²) < 4.78 is 68.0. The molecule has 1 aromatic rings. The number of halogens is 5. The predicted octanol–water partition coefficient (Wildman–Crippen LogP) is 4.80. The van der Waals surface area contributed by atoms with Gasteiger partial charge in [-0.15, -0.1) is 22.0 Å². The molecule has 4 nitrogen and oxygen atoms in total. The van der Waals surface area contributed by atoms with Gasteiger partial charge in [-0.1, -0.05) is 13.8 Å². The Labute approximate surface area is 157 Å². The van der Waals surface area contributed by atoms with Crippen molar-refractivity contribution in [2.24, 2.45) is 16.1 Å². The van der Waals surface area contributed by atoms with Crippen molar-refractivity contribution in [1.82, 2.24) is 0 Å². The fraction of sp³-hybridized carbons (Fsp3) is 0.471. The highest BCUT2D eigenvalue weighted by Gasteiger charge is 2.57. The van der Waals surface area contributed by atoms with Crippen molar-refractivity contribution in [3.8, 4) is 0 Å². The van der Waals surface area contributed by atoms with E-state index in [9.17, 15) is 26.7 Å². The maximum absolute atomic E-state index is 14.2. The average molecular weight is 407 g/mol. The quantitative estimate of drug-likeness (QED) is 0.503. The van der Waals surface area contributed by atoms with Crippen molar-refractivity contribution in [2.75, 3.05) is 10.7 Å². The first-order valence-electron chi connectivity index (χ1n) is 8.08. The van der Waals surface area contributed by atoms with Gasteiger partial charge < -0.3 is 0 Å². The van der Waals surface area contributed by atoms with Gasteiger partial charge in [0.05, 0.1) is 5.69 Å². The molecule has 0 saturated carbocycles. The Bertz CT molecular complexity index is 778. The van der Waals surface area contributed by atoms with Crippen LogP contribution in [0.5, 0.6) is 0 Å². The van der Waals surface area contributed by atoms with Crippen molar-refractivity contribution in [3.63, 3.8) is 0 Å². The molecule has 0 spiro atoms. The SMILES string of the molecule is CC(C)CCSC1=NN=C(C(F)(F)F)C1(C)N(C=O)c1ccc(F)cc1F. The minimum absolute atomic E-state index is 0.0709. The Morgan fingerprint density at radius 1 is 1.26 bits per heavy atom. The summed E-state index contributed by atoms with van der Waals surface area (Å²) in [4.78, 5) is 12.3. The lowest BCUT2D eigenvalue weighted by Gasteiger charge is -2.37. The lowest BCUT2D eigenvalue weighted by atomic mass is 9.94. The molecule has 148 valence electrons. The normalized spacial score (nSPS) is 19.9. The van der Waals surface area contributed by atoms with E-state index in [1.54, 1.807) is 0 Å². The Kier molecular flexibility index (Phi) is 6.28. The smallest absolute Gasteiger partial charge is 0.294 e. The lowest BCUT2D eigenvalue weighted by Crippen LogP contribution is -2.59. The highest BCUT2D eigenvalue weighted by Crippen LogP contribution is 2.40. The van der Waals surface area contributed by atoms with Gasteiger partial charge >= 0.3 is 6.18 Å². The highest BCUT2D eigenvalue weighted by molar-refractivity contribution is 8.14. The van der Waals surface area contributed by atoms with Crippen LogP contribution in [0.2, 0.25) is 0 Å². The molecule has 1 aliphatic heterocycles. The van der Waals surface area contributed by atoms with E-state index in [0.717, 1.165) is 30.8 Å². The third kappa shape index (κ3) is 4.31. The van der Waals surface area contributed by atoms with Crippen molar-refractivity contribution < 1.29 is 26.7 Å². The number of hydrogen-bond donors (Lipinski definition) is 0. The van der Waals surface area contributed by atoms with Crippen molar-refractivity contribution in [3.05, 3.63) is 29.8 Å². The van der Waals surface area contributed by atoms with Crippen LogP contribution in [0, 0.1) is 17.6 Å². The van der Waals surface area contributed by atoms with Gasteiger partial charge in [0, 0.05) is 6.07 Å². The van der Waals surface area contributed by atoms with E-state index in [0.29, 0.717) is 29.1 Å². The summed E-state index contributed by atoms with van der Waals surface area (Å²) >= 11 is 1.02. The number of alkyl halides is 3. The second kappa shape index (κ2) is 7.95. The molecule has 0 fully saturated rings. The van der Waals surface area contributed by atoms with Crippen molar-refractivity contribution >= 4 is 34.6 Å². The van der Waals surface area contributed by atoms with Crippen LogP contribution in [0.15, 0.2) is 28.4 Å². The van der Waals surface area contributed by atoms with Gasteiger partial charge in [-0.05, 0) is 37.1 Å². The molecule has 1 unspecified atom stereocenters. The molecule has 10 heteroatoms. The standard InChI is InChI=1S/C17H18F5N3OS/c1-10(2)6-7-27-15-16(3,14(23-24-15)17(20,21)22)25(9-26)13-5-4-11(18)8-12(13)19/h4-5,8-10H,6-7H2,1-3H3. The predicted molar refractivity (Wildman–Crippen MR) is 96.1 cm³/mol. The fourth-order valence-electron chi connectivity index (χ4n) is 2.58. The summed E-state index contributed by atoms with van der Waals surface area (Å²) in [5, 5.41) is 6.79. The molecular weight excluding hydrogens is 389 g/mol. The second-order valence-electron chi connectivity index (χ2n) is 6.53. The number of carbonyl (C=O) groups is 1. The average Bonchev–Trinajstić information content (AvgIpc) is 2.87. The van der Waals surface area contributed by atoms with Crippen LogP contribution in [-0.2, 0) is 4.79 Å². The third-order valence-electron chi connectivity index (χ3n) is 4.08. The molecule has 0 radical (unpaired) electrons. The summed E-state index contributed by atoms with van der Waals surface area (Å²) in [6, 6.07) is 2.27. The topological polar surface area (TPSA) is 45.0 Å². The van der Waals surface area contributed by atoms with E-state index in [-0.39, 0.29) is 11.5 Å². The number of nitrogens with zero attached hydrogens (tertiary/aromatic N) is 3. The molecule has 1 aromatic carbocycles. The second-order valence-corrected chi connectivity index (χ2v) is 7.61.